The van der Waals surface area contributed by atoms with Gasteiger partial charge >= 0.3 is 0 Å². The Labute approximate surface area is 343 Å². The van der Waals surface area contributed by atoms with Crippen LogP contribution in [-0.2, 0) is 0 Å². The topological polar surface area (TPSA) is 61.4 Å². The summed E-state index contributed by atoms with van der Waals surface area (Å²) in [6.07, 6.45) is 0. The van der Waals surface area contributed by atoms with Gasteiger partial charge in [0.25, 0.3) is 0 Å². The highest BCUT2D eigenvalue weighted by Gasteiger charge is 2.20. The maximum Gasteiger partial charge on any atom is 0.238 e. The summed E-state index contributed by atoms with van der Waals surface area (Å²) in [7, 11) is 0. The van der Waals surface area contributed by atoms with Gasteiger partial charge in [0.1, 0.15) is 5.82 Å². The normalized spacial score (nSPS) is 11.7. The van der Waals surface area contributed by atoms with Crippen LogP contribution in [0.25, 0.3) is 110 Å². The lowest BCUT2D eigenvalue weighted by atomic mass is 10.00. The highest BCUT2D eigenvalue weighted by atomic mass is 32.1. The zero-order valence-corrected chi connectivity index (χ0v) is 32.4. The third kappa shape index (κ3) is 5.47. The van der Waals surface area contributed by atoms with Crippen LogP contribution in [0.15, 0.2) is 194 Å². The summed E-state index contributed by atoms with van der Waals surface area (Å²) in [5.74, 6) is 2.78. The van der Waals surface area contributed by atoms with Crippen LogP contribution in [0.4, 0.5) is 0 Å². The fourth-order valence-corrected chi connectivity index (χ4v) is 9.68. The van der Waals surface area contributed by atoms with Crippen molar-refractivity contribution in [2.75, 3.05) is 0 Å². The molecule has 12 aromatic rings. The number of hydrogen-bond donors (Lipinski definition) is 0. The SMILES string of the molecule is c1ccc(-c2nc(-c3cccc4c3sc3ccc(-c5cccc(-c6nc7ccccc7n6-c6ccccc6)c5)cc34)nc(-n3c4ccccc4c4ccccc43)n2)cc1. The Morgan fingerprint density at radius 2 is 0.983 bits per heavy atom. The lowest BCUT2D eigenvalue weighted by Crippen LogP contribution is -2.06. The molecule has 0 saturated heterocycles. The molecule has 59 heavy (non-hydrogen) atoms. The van der Waals surface area contributed by atoms with E-state index >= 15 is 0 Å². The van der Waals surface area contributed by atoms with E-state index in [1.807, 2.05) is 30.3 Å². The molecule has 4 aromatic heterocycles. The van der Waals surface area contributed by atoms with Crippen molar-refractivity contribution in [3.63, 3.8) is 0 Å². The molecule has 12 rings (SSSR count). The molecular weight excluding hydrogens is 741 g/mol. The number of imidazole rings is 1. The smallest absolute Gasteiger partial charge is 0.238 e. The highest BCUT2D eigenvalue weighted by molar-refractivity contribution is 7.26. The summed E-state index contributed by atoms with van der Waals surface area (Å²) in [5.41, 5.74) is 10.5. The minimum Gasteiger partial charge on any atom is -0.292 e. The van der Waals surface area contributed by atoms with Crippen molar-refractivity contribution in [1.29, 1.82) is 0 Å². The van der Waals surface area contributed by atoms with Gasteiger partial charge in [0.05, 0.1) is 22.1 Å². The first kappa shape index (κ1) is 33.4. The Bertz CT molecular complexity index is 3510. The fraction of sp³-hybridized carbons (Fsp3) is 0. The Hall–Kier alpha value is -7.74. The second-order valence-corrected chi connectivity index (χ2v) is 15.7. The number of nitrogens with zero attached hydrogens (tertiary/aromatic N) is 6. The second-order valence-electron chi connectivity index (χ2n) is 14.7. The van der Waals surface area contributed by atoms with Gasteiger partial charge in [0, 0.05) is 53.3 Å². The van der Waals surface area contributed by atoms with Crippen molar-refractivity contribution in [2.45, 2.75) is 0 Å². The Morgan fingerprint density at radius 1 is 0.373 bits per heavy atom. The lowest BCUT2D eigenvalue weighted by molar-refractivity contribution is 0.954. The van der Waals surface area contributed by atoms with Gasteiger partial charge in [-0.2, -0.15) is 9.97 Å². The molecule has 0 aliphatic heterocycles. The molecule has 0 N–H and O–H groups in total. The van der Waals surface area contributed by atoms with Crippen molar-refractivity contribution in [1.82, 2.24) is 29.1 Å². The van der Waals surface area contributed by atoms with E-state index in [-0.39, 0.29) is 0 Å². The zero-order valence-electron chi connectivity index (χ0n) is 31.6. The molecule has 0 bridgehead atoms. The summed E-state index contributed by atoms with van der Waals surface area (Å²) < 4.78 is 6.77. The molecule has 7 heteroatoms. The molecule has 8 aromatic carbocycles. The van der Waals surface area contributed by atoms with E-state index in [0.29, 0.717) is 17.6 Å². The van der Waals surface area contributed by atoms with Crippen molar-refractivity contribution in [3.05, 3.63) is 194 Å². The first-order valence-electron chi connectivity index (χ1n) is 19.6. The van der Waals surface area contributed by atoms with E-state index in [9.17, 15) is 0 Å². The van der Waals surface area contributed by atoms with Crippen LogP contribution < -0.4 is 0 Å². The van der Waals surface area contributed by atoms with Crippen LogP contribution >= 0.6 is 11.3 Å². The predicted octanol–water partition coefficient (Wildman–Crippen LogP) is 13.3. The van der Waals surface area contributed by atoms with Crippen LogP contribution in [0.2, 0.25) is 0 Å². The Balaban J connectivity index is 1.01. The second kappa shape index (κ2) is 13.4. The molecule has 0 aliphatic rings. The van der Waals surface area contributed by atoms with Gasteiger partial charge < -0.3 is 0 Å². The molecule has 0 fully saturated rings. The van der Waals surface area contributed by atoms with Gasteiger partial charge in [0.2, 0.25) is 5.95 Å². The summed E-state index contributed by atoms with van der Waals surface area (Å²) >= 11 is 1.78. The predicted molar refractivity (Wildman–Crippen MR) is 243 cm³/mol. The number of aromatic nitrogens is 6. The average Bonchev–Trinajstić information content (AvgIpc) is 3.99. The van der Waals surface area contributed by atoms with Crippen LogP contribution in [0.5, 0.6) is 0 Å². The van der Waals surface area contributed by atoms with E-state index < -0.39 is 0 Å². The van der Waals surface area contributed by atoms with Gasteiger partial charge in [0.15, 0.2) is 11.6 Å². The number of para-hydroxylation sites is 5. The first-order chi connectivity index (χ1) is 29.2. The van der Waals surface area contributed by atoms with Crippen molar-refractivity contribution < 1.29 is 0 Å². The number of fused-ring (bicyclic) bond motifs is 7. The van der Waals surface area contributed by atoms with E-state index in [1.54, 1.807) is 11.3 Å². The molecule has 0 spiro atoms. The third-order valence-corrected chi connectivity index (χ3v) is 12.4. The fourth-order valence-electron chi connectivity index (χ4n) is 8.49. The summed E-state index contributed by atoms with van der Waals surface area (Å²) in [6.45, 7) is 0. The molecular formula is C52H32N6S. The number of hydrogen-bond acceptors (Lipinski definition) is 5. The van der Waals surface area contributed by atoms with E-state index in [2.05, 4.69) is 173 Å². The van der Waals surface area contributed by atoms with E-state index in [0.717, 1.165) is 76.9 Å². The number of benzene rings is 8. The van der Waals surface area contributed by atoms with Crippen LogP contribution in [0.3, 0.4) is 0 Å². The largest absolute Gasteiger partial charge is 0.292 e. The van der Waals surface area contributed by atoms with Crippen molar-refractivity contribution in [3.8, 4) is 56.9 Å². The monoisotopic (exact) mass is 772 g/mol. The van der Waals surface area contributed by atoms with E-state index in [4.69, 9.17) is 19.9 Å². The van der Waals surface area contributed by atoms with Crippen LogP contribution in [0, 0.1) is 0 Å². The molecule has 0 aliphatic carbocycles. The summed E-state index contributed by atoms with van der Waals surface area (Å²) in [4.78, 5) is 20.7. The molecule has 6 nitrogen and oxygen atoms in total. The maximum atomic E-state index is 5.28. The summed E-state index contributed by atoms with van der Waals surface area (Å²) in [5, 5.41) is 4.70. The maximum absolute atomic E-state index is 5.28. The molecule has 0 radical (unpaired) electrons. The molecule has 0 unspecified atom stereocenters. The average molecular weight is 773 g/mol. The quantitative estimate of drug-likeness (QED) is 0.169. The van der Waals surface area contributed by atoms with Gasteiger partial charge in [-0.3, -0.25) is 9.13 Å². The van der Waals surface area contributed by atoms with Crippen molar-refractivity contribution >= 4 is 64.3 Å². The van der Waals surface area contributed by atoms with Gasteiger partial charge in [-0.1, -0.05) is 133 Å². The minimum atomic E-state index is 0.590. The lowest BCUT2D eigenvalue weighted by Gasteiger charge is -2.11. The number of rotatable bonds is 6. The molecule has 0 atom stereocenters. The van der Waals surface area contributed by atoms with Crippen LogP contribution in [-0.4, -0.2) is 29.1 Å². The van der Waals surface area contributed by atoms with Crippen molar-refractivity contribution in [2.24, 2.45) is 0 Å². The van der Waals surface area contributed by atoms with Crippen LogP contribution in [0.1, 0.15) is 0 Å². The number of thiophene rings is 1. The molecule has 0 saturated carbocycles. The third-order valence-electron chi connectivity index (χ3n) is 11.2. The first-order valence-corrected chi connectivity index (χ1v) is 20.5. The van der Waals surface area contributed by atoms with Gasteiger partial charge in [-0.15, -0.1) is 11.3 Å². The summed E-state index contributed by atoms with van der Waals surface area (Å²) in [6, 6.07) is 67.9. The highest BCUT2D eigenvalue weighted by Crippen LogP contribution is 2.42. The van der Waals surface area contributed by atoms with Gasteiger partial charge in [-0.05, 0) is 71.8 Å². The zero-order chi connectivity index (χ0) is 38.9. The molecule has 4 heterocycles. The van der Waals surface area contributed by atoms with E-state index in [1.165, 1.54) is 15.5 Å². The molecule has 0 amide bonds. The Kier molecular flexibility index (Phi) is 7.61. The minimum absolute atomic E-state index is 0.590. The Morgan fingerprint density at radius 3 is 1.78 bits per heavy atom. The standard InChI is InChI=1S/C52H32N6S/c1-3-15-33(16-4-1)49-54-50(56-52(55-49)58-44-26-10-7-21-38(44)39-22-8-11-27-45(39)58)41-24-14-23-40-42-32-35(29-30-47(42)59-48(40)41)34-17-13-18-36(31-34)51-53-43-25-9-12-28-46(43)57(51)37-19-5-2-6-20-37/h1-32H. The molecule has 276 valence electrons. The van der Waals surface area contributed by atoms with Gasteiger partial charge in [-0.25, -0.2) is 9.97 Å².